The van der Waals surface area contributed by atoms with Crippen LogP contribution in [0.15, 0.2) is 24.8 Å². The van der Waals surface area contributed by atoms with Gasteiger partial charge in [0.2, 0.25) is 0 Å². The predicted octanol–water partition coefficient (Wildman–Crippen LogP) is 0.605. The van der Waals surface area contributed by atoms with Gasteiger partial charge >= 0.3 is 0 Å². The fourth-order valence-electron chi connectivity index (χ4n) is 1.19. The fraction of sp³-hybridized carbons (Fsp3) is 0.111. The van der Waals surface area contributed by atoms with Gasteiger partial charge in [0.1, 0.15) is 16.5 Å². The monoisotopic (exact) mass is 219 g/mol. The van der Waals surface area contributed by atoms with E-state index in [1.54, 1.807) is 18.6 Å². The topological polar surface area (TPSA) is 69.6 Å². The number of imidazole rings is 1. The third-order valence-electron chi connectivity index (χ3n) is 1.96. The Morgan fingerprint density at radius 2 is 2.13 bits per heavy atom. The molecular weight excluding hydrogens is 210 g/mol. The first-order valence-corrected chi connectivity index (χ1v) is 4.71. The lowest BCUT2D eigenvalue weighted by Crippen LogP contribution is -2.12. The molecule has 0 fully saturated rings. The molecular formula is C9H9N5S. The largest absolute Gasteiger partial charge is 0.388 e. The Kier molecular flexibility index (Phi) is 2.42. The third-order valence-corrected chi connectivity index (χ3v) is 2.17. The number of hydrogen-bond donors (Lipinski definition) is 1. The smallest absolute Gasteiger partial charge is 0.156 e. The molecule has 5 nitrogen and oxygen atoms in total. The molecule has 0 aliphatic heterocycles. The van der Waals surface area contributed by atoms with Crippen LogP contribution in [0.3, 0.4) is 0 Å². The third kappa shape index (κ3) is 1.84. The minimum atomic E-state index is 0.247. The van der Waals surface area contributed by atoms with E-state index in [4.69, 9.17) is 18.0 Å². The van der Waals surface area contributed by atoms with Gasteiger partial charge in [0.15, 0.2) is 5.82 Å². The molecule has 2 aromatic heterocycles. The summed E-state index contributed by atoms with van der Waals surface area (Å²) in [7, 11) is 0. The van der Waals surface area contributed by atoms with E-state index in [1.807, 2.05) is 17.7 Å². The summed E-state index contributed by atoms with van der Waals surface area (Å²) in [6, 6.07) is 0. The van der Waals surface area contributed by atoms with Crippen molar-refractivity contribution >= 4 is 17.2 Å². The van der Waals surface area contributed by atoms with Gasteiger partial charge in [-0.25, -0.2) is 15.0 Å². The molecule has 0 spiro atoms. The molecule has 2 rings (SSSR count). The highest BCUT2D eigenvalue weighted by atomic mass is 32.1. The average molecular weight is 219 g/mol. The van der Waals surface area contributed by atoms with Crippen LogP contribution in [0.2, 0.25) is 0 Å². The average Bonchev–Trinajstić information content (AvgIpc) is 2.65. The van der Waals surface area contributed by atoms with Gasteiger partial charge in [0.25, 0.3) is 0 Å². The summed E-state index contributed by atoms with van der Waals surface area (Å²) >= 11 is 4.79. The summed E-state index contributed by atoms with van der Waals surface area (Å²) in [6.45, 7) is 1.89. The SMILES string of the molecule is Cc1nccn1-c1cnc(C(N)=S)cn1. The zero-order valence-electron chi connectivity index (χ0n) is 8.08. The molecule has 0 unspecified atom stereocenters. The molecule has 0 atom stereocenters. The van der Waals surface area contributed by atoms with Gasteiger partial charge in [-0.2, -0.15) is 0 Å². The van der Waals surface area contributed by atoms with Gasteiger partial charge in [-0.05, 0) is 6.92 Å². The van der Waals surface area contributed by atoms with Crippen LogP contribution in [0, 0.1) is 6.92 Å². The van der Waals surface area contributed by atoms with Crippen molar-refractivity contribution in [2.75, 3.05) is 0 Å². The first-order valence-electron chi connectivity index (χ1n) is 4.30. The van der Waals surface area contributed by atoms with E-state index in [1.165, 1.54) is 0 Å². The van der Waals surface area contributed by atoms with Gasteiger partial charge in [0.05, 0.1) is 12.4 Å². The first-order chi connectivity index (χ1) is 7.18. The van der Waals surface area contributed by atoms with E-state index in [-0.39, 0.29) is 4.99 Å². The highest BCUT2D eigenvalue weighted by Gasteiger charge is 2.03. The molecule has 76 valence electrons. The van der Waals surface area contributed by atoms with Crippen molar-refractivity contribution < 1.29 is 0 Å². The quantitative estimate of drug-likeness (QED) is 0.749. The van der Waals surface area contributed by atoms with E-state index >= 15 is 0 Å². The van der Waals surface area contributed by atoms with Crippen LogP contribution in [0.1, 0.15) is 11.5 Å². The number of aromatic nitrogens is 4. The van der Waals surface area contributed by atoms with Crippen molar-refractivity contribution in [3.05, 3.63) is 36.3 Å². The number of aryl methyl sites for hydroxylation is 1. The molecule has 0 amide bonds. The Balaban J connectivity index is 2.40. The number of thiocarbonyl (C=S) groups is 1. The molecule has 2 aromatic rings. The Bertz CT molecular complexity index is 487. The molecule has 2 N–H and O–H groups in total. The second-order valence-corrected chi connectivity index (χ2v) is 3.41. The maximum absolute atomic E-state index is 5.42. The zero-order valence-corrected chi connectivity index (χ0v) is 8.90. The molecule has 15 heavy (non-hydrogen) atoms. The van der Waals surface area contributed by atoms with Gasteiger partial charge in [-0.1, -0.05) is 12.2 Å². The summed E-state index contributed by atoms with van der Waals surface area (Å²) in [5, 5.41) is 0. The molecule has 0 bridgehead atoms. The number of hydrogen-bond acceptors (Lipinski definition) is 4. The number of nitrogens with zero attached hydrogens (tertiary/aromatic N) is 4. The van der Waals surface area contributed by atoms with Crippen molar-refractivity contribution in [2.24, 2.45) is 5.73 Å². The second kappa shape index (κ2) is 3.74. The van der Waals surface area contributed by atoms with Crippen LogP contribution in [-0.4, -0.2) is 24.5 Å². The van der Waals surface area contributed by atoms with Gasteiger partial charge in [-0.3, -0.25) is 4.57 Å². The van der Waals surface area contributed by atoms with E-state index in [0.717, 1.165) is 5.82 Å². The van der Waals surface area contributed by atoms with Crippen molar-refractivity contribution in [1.82, 2.24) is 19.5 Å². The maximum Gasteiger partial charge on any atom is 0.156 e. The summed E-state index contributed by atoms with van der Waals surface area (Å²) < 4.78 is 1.83. The lowest BCUT2D eigenvalue weighted by molar-refractivity contribution is 0.917. The number of nitrogens with two attached hydrogens (primary N) is 1. The van der Waals surface area contributed by atoms with Crippen LogP contribution < -0.4 is 5.73 Å². The van der Waals surface area contributed by atoms with Gasteiger partial charge < -0.3 is 5.73 Å². The van der Waals surface area contributed by atoms with Crippen LogP contribution in [-0.2, 0) is 0 Å². The molecule has 0 aromatic carbocycles. The first kappa shape index (κ1) is 9.72. The van der Waals surface area contributed by atoms with Gasteiger partial charge in [-0.15, -0.1) is 0 Å². The second-order valence-electron chi connectivity index (χ2n) is 2.97. The molecule has 0 radical (unpaired) electrons. The highest BCUT2D eigenvalue weighted by molar-refractivity contribution is 7.80. The lowest BCUT2D eigenvalue weighted by atomic mass is 10.4. The molecule has 2 heterocycles. The number of rotatable bonds is 2. The minimum absolute atomic E-state index is 0.247. The van der Waals surface area contributed by atoms with Crippen LogP contribution in [0.4, 0.5) is 0 Å². The van der Waals surface area contributed by atoms with Crippen LogP contribution in [0.25, 0.3) is 5.82 Å². The zero-order chi connectivity index (χ0) is 10.8. The normalized spacial score (nSPS) is 10.2. The van der Waals surface area contributed by atoms with E-state index in [2.05, 4.69) is 15.0 Å². The summed E-state index contributed by atoms with van der Waals surface area (Å²) in [4.78, 5) is 12.6. The minimum Gasteiger partial charge on any atom is -0.388 e. The lowest BCUT2D eigenvalue weighted by Gasteiger charge is -2.03. The van der Waals surface area contributed by atoms with Crippen molar-refractivity contribution in [3.63, 3.8) is 0 Å². The Hall–Kier alpha value is -1.82. The maximum atomic E-state index is 5.42. The highest BCUT2D eigenvalue weighted by Crippen LogP contribution is 2.05. The summed E-state index contributed by atoms with van der Waals surface area (Å²) in [5.41, 5.74) is 5.94. The Labute approximate surface area is 92.0 Å². The van der Waals surface area contributed by atoms with Crippen molar-refractivity contribution in [2.45, 2.75) is 6.92 Å². The van der Waals surface area contributed by atoms with Crippen molar-refractivity contribution in [1.29, 1.82) is 0 Å². The molecule has 0 aliphatic carbocycles. The fourth-order valence-corrected chi connectivity index (χ4v) is 1.30. The van der Waals surface area contributed by atoms with E-state index < -0.39 is 0 Å². The molecule has 0 saturated carbocycles. The van der Waals surface area contributed by atoms with E-state index in [9.17, 15) is 0 Å². The summed E-state index contributed by atoms with van der Waals surface area (Å²) in [5.74, 6) is 1.55. The van der Waals surface area contributed by atoms with Crippen LogP contribution >= 0.6 is 12.2 Å². The molecule has 0 saturated heterocycles. The van der Waals surface area contributed by atoms with Gasteiger partial charge in [0, 0.05) is 12.4 Å². The standard InChI is InChI=1S/C9H9N5S/c1-6-11-2-3-14(6)8-5-12-7(4-13-8)9(10)15/h2-5H,1H3,(H2,10,15). The Morgan fingerprint density at radius 3 is 2.60 bits per heavy atom. The predicted molar refractivity (Wildman–Crippen MR) is 59.8 cm³/mol. The Morgan fingerprint density at radius 1 is 1.33 bits per heavy atom. The van der Waals surface area contributed by atoms with Crippen LogP contribution in [0.5, 0.6) is 0 Å². The molecule has 0 aliphatic rings. The summed E-state index contributed by atoms with van der Waals surface area (Å²) in [6.07, 6.45) is 6.69. The molecule has 6 heteroatoms. The van der Waals surface area contributed by atoms with E-state index in [0.29, 0.717) is 11.5 Å². The van der Waals surface area contributed by atoms with Crippen molar-refractivity contribution in [3.8, 4) is 5.82 Å².